The molecule has 2 heterocycles. The van der Waals surface area contributed by atoms with E-state index in [1.165, 1.54) is 11.1 Å². The van der Waals surface area contributed by atoms with Gasteiger partial charge in [0.1, 0.15) is 0 Å². The quantitative estimate of drug-likeness (QED) is 0.130. The number of pyridine rings is 2. The molecular weight excluding hydrogens is 516 g/mol. The van der Waals surface area contributed by atoms with E-state index in [9.17, 15) is 0 Å². The molecule has 0 spiro atoms. The summed E-state index contributed by atoms with van der Waals surface area (Å²) in [6, 6.07) is 29.0. The molecule has 5 rings (SSSR count). The molecule has 0 saturated carbocycles. The first-order chi connectivity index (χ1) is 20.4. The summed E-state index contributed by atoms with van der Waals surface area (Å²) in [5, 5.41) is 13.3. The number of para-hydroxylation sites is 2. The highest BCUT2D eigenvalue weighted by molar-refractivity contribution is 5.99. The minimum atomic E-state index is 0.905. The Balaban J connectivity index is 1.15. The normalized spacial score (nSPS) is 13.8. The van der Waals surface area contributed by atoms with Crippen LogP contribution in [0.5, 0.6) is 0 Å². The Labute approximate surface area is 249 Å². The molecule has 4 aromatic rings. The van der Waals surface area contributed by atoms with Gasteiger partial charge in [-0.05, 0) is 62.1 Å². The summed E-state index contributed by atoms with van der Waals surface area (Å²) in [6.45, 7) is 5.92. The van der Waals surface area contributed by atoms with Crippen molar-refractivity contribution in [1.82, 2.24) is 0 Å². The highest BCUT2D eigenvalue weighted by Gasteiger charge is 2.14. The van der Waals surface area contributed by atoms with Gasteiger partial charge in [0, 0.05) is 49.5 Å². The van der Waals surface area contributed by atoms with Crippen molar-refractivity contribution in [3.8, 4) is 0 Å². The van der Waals surface area contributed by atoms with Crippen LogP contribution in [0.3, 0.4) is 0 Å². The first-order valence-corrected chi connectivity index (χ1v) is 14.5. The van der Waals surface area contributed by atoms with Gasteiger partial charge in [0.15, 0.2) is 37.9 Å². The Morgan fingerprint density at radius 2 is 0.929 bits per heavy atom. The van der Waals surface area contributed by atoms with Crippen LogP contribution in [-0.2, 0) is 13.1 Å². The second-order valence-corrected chi connectivity index (χ2v) is 10.8. The molecule has 2 aromatic heterocycles. The summed E-state index contributed by atoms with van der Waals surface area (Å²) in [5.41, 5.74) is 9.27. The third-order valence-corrected chi connectivity index (χ3v) is 7.57. The number of allylic oxidation sites excluding steroid dienone is 4. The van der Waals surface area contributed by atoms with Gasteiger partial charge in [0.05, 0.1) is 22.8 Å². The van der Waals surface area contributed by atoms with Crippen molar-refractivity contribution in [1.29, 1.82) is 0 Å². The minimum Gasteiger partial charge on any atom is -0.268 e. The number of hydrazone groups is 2. The average Bonchev–Trinajstić information content (AvgIpc) is 3.03. The molecule has 1 aliphatic rings. The lowest BCUT2D eigenvalue weighted by Gasteiger charge is -2.14. The van der Waals surface area contributed by atoms with E-state index < -0.39 is 0 Å². The van der Waals surface area contributed by atoms with Gasteiger partial charge < -0.3 is 0 Å². The van der Waals surface area contributed by atoms with Crippen LogP contribution in [0.25, 0.3) is 0 Å². The van der Waals surface area contributed by atoms with Crippen LogP contribution < -0.4 is 19.2 Å². The summed E-state index contributed by atoms with van der Waals surface area (Å²) in [5.74, 6) is 0. The van der Waals surface area contributed by atoms with Gasteiger partial charge in [-0.2, -0.15) is 10.2 Å². The van der Waals surface area contributed by atoms with E-state index in [-0.39, 0.29) is 0 Å². The van der Waals surface area contributed by atoms with Crippen molar-refractivity contribution in [3.63, 3.8) is 0 Å². The number of hydrogen-bond donors (Lipinski definition) is 0. The van der Waals surface area contributed by atoms with Crippen LogP contribution in [0.4, 0.5) is 11.4 Å². The molecule has 0 radical (unpaired) electrons. The van der Waals surface area contributed by atoms with Crippen LogP contribution >= 0.6 is 0 Å². The Morgan fingerprint density at radius 1 is 0.571 bits per heavy atom. The van der Waals surface area contributed by atoms with Gasteiger partial charge in [-0.1, -0.05) is 48.6 Å². The van der Waals surface area contributed by atoms with Gasteiger partial charge in [0.2, 0.25) is 0 Å². The van der Waals surface area contributed by atoms with E-state index in [1.54, 1.807) is 0 Å². The summed E-state index contributed by atoms with van der Waals surface area (Å²) in [7, 11) is 3.96. The second-order valence-electron chi connectivity index (χ2n) is 10.8. The maximum atomic E-state index is 4.75. The SMILES string of the molecule is C/C(=N\N(C)c1ccccc1)c1cc[n+](CC2=CC=C(C[n+]3ccc(/C(C)=N/N(C)c4ccccc4)cc3)CC2)cc1. The van der Waals surface area contributed by atoms with Gasteiger partial charge in [-0.3, -0.25) is 10.0 Å². The number of benzene rings is 2. The molecule has 2 aromatic carbocycles. The zero-order chi connectivity index (χ0) is 29.3. The zero-order valence-corrected chi connectivity index (χ0v) is 25.1. The highest BCUT2D eigenvalue weighted by atomic mass is 15.4. The maximum absolute atomic E-state index is 4.75. The molecule has 6 nitrogen and oxygen atoms in total. The monoisotopic (exact) mass is 556 g/mol. The second kappa shape index (κ2) is 13.7. The fraction of sp³-hybridized carbons (Fsp3) is 0.222. The standard InChI is InChI=1S/C36H40N6/c1-29(37-39(3)35-11-7-5-8-12-35)33-19-23-41(24-20-33)27-31-15-17-32(18-16-31)28-42-25-21-34(22-26-42)30(2)38-40(4)36-13-9-6-10-14-36/h5-15,17,19-26H,16,18,27-28H2,1-4H3/q+2. The molecule has 0 N–H and O–H groups in total. The fourth-order valence-corrected chi connectivity index (χ4v) is 5.03. The Morgan fingerprint density at radius 3 is 1.26 bits per heavy atom. The molecule has 6 heteroatoms. The largest absolute Gasteiger partial charge is 0.268 e. The van der Waals surface area contributed by atoms with E-state index in [4.69, 9.17) is 10.2 Å². The number of anilines is 2. The van der Waals surface area contributed by atoms with Crippen molar-refractivity contribution in [2.75, 3.05) is 24.1 Å². The highest BCUT2D eigenvalue weighted by Crippen LogP contribution is 2.19. The molecule has 42 heavy (non-hydrogen) atoms. The first kappa shape index (κ1) is 28.7. The third-order valence-electron chi connectivity index (χ3n) is 7.57. The molecule has 0 aliphatic heterocycles. The topological polar surface area (TPSA) is 39.0 Å². The van der Waals surface area contributed by atoms with E-state index in [1.807, 2.05) is 60.5 Å². The molecule has 0 unspecified atom stereocenters. The summed E-state index contributed by atoms with van der Waals surface area (Å²) in [4.78, 5) is 0. The Kier molecular flexibility index (Phi) is 9.34. The maximum Gasteiger partial charge on any atom is 0.170 e. The van der Waals surface area contributed by atoms with Crippen molar-refractivity contribution in [3.05, 3.63) is 144 Å². The minimum absolute atomic E-state index is 0.905. The Bertz CT molecular complexity index is 1460. The lowest BCUT2D eigenvalue weighted by Crippen LogP contribution is -2.35. The van der Waals surface area contributed by atoms with Crippen molar-refractivity contribution in [2.45, 2.75) is 39.8 Å². The van der Waals surface area contributed by atoms with Crippen LogP contribution in [-0.4, -0.2) is 25.5 Å². The van der Waals surface area contributed by atoms with Gasteiger partial charge in [0.25, 0.3) is 0 Å². The van der Waals surface area contributed by atoms with Crippen molar-refractivity contribution < 1.29 is 9.13 Å². The smallest absolute Gasteiger partial charge is 0.170 e. The molecule has 1 aliphatic carbocycles. The van der Waals surface area contributed by atoms with E-state index in [0.717, 1.165) is 59.9 Å². The Hall–Kier alpha value is -4.84. The molecule has 0 fully saturated rings. The lowest BCUT2D eigenvalue weighted by atomic mass is 9.98. The summed E-state index contributed by atoms with van der Waals surface area (Å²) < 4.78 is 4.49. The van der Waals surface area contributed by atoms with Crippen LogP contribution in [0.15, 0.2) is 143 Å². The van der Waals surface area contributed by atoms with E-state index in [0.29, 0.717) is 0 Å². The fourth-order valence-electron chi connectivity index (χ4n) is 5.03. The summed E-state index contributed by atoms with van der Waals surface area (Å²) in [6.07, 6.45) is 15.4. The third kappa shape index (κ3) is 7.67. The molecule has 0 bridgehead atoms. The molecular formula is C36H40N6+2. The van der Waals surface area contributed by atoms with Gasteiger partial charge >= 0.3 is 0 Å². The number of nitrogens with zero attached hydrogens (tertiary/aromatic N) is 6. The predicted molar refractivity (Wildman–Crippen MR) is 173 cm³/mol. The first-order valence-electron chi connectivity index (χ1n) is 14.5. The van der Waals surface area contributed by atoms with Gasteiger partial charge in [-0.15, -0.1) is 0 Å². The number of aromatic nitrogens is 2. The predicted octanol–water partition coefficient (Wildman–Crippen LogP) is 6.33. The molecule has 212 valence electrons. The van der Waals surface area contributed by atoms with Crippen molar-refractivity contribution in [2.24, 2.45) is 10.2 Å². The van der Waals surface area contributed by atoms with Crippen LogP contribution in [0.1, 0.15) is 37.8 Å². The molecule has 0 amide bonds. The van der Waals surface area contributed by atoms with Crippen LogP contribution in [0.2, 0.25) is 0 Å². The number of hydrogen-bond acceptors (Lipinski definition) is 4. The average molecular weight is 557 g/mol. The molecule has 0 saturated heterocycles. The zero-order valence-electron chi connectivity index (χ0n) is 25.1. The summed E-state index contributed by atoms with van der Waals surface area (Å²) >= 11 is 0. The van der Waals surface area contributed by atoms with Gasteiger partial charge in [-0.25, -0.2) is 9.13 Å². The lowest BCUT2D eigenvalue weighted by molar-refractivity contribution is -0.690. The van der Waals surface area contributed by atoms with Crippen LogP contribution in [0, 0.1) is 0 Å². The number of rotatable bonds is 10. The molecule has 0 atom stereocenters. The van der Waals surface area contributed by atoms with E-state index in [2.05, 4.69) is 108 Å². The van der Waals surface area contributed by atoms with E-state index >= 15 is 0 Å². The van der Waals surface area contributed by atoms with Crippen molar-refractivity contribution >= 4 is 22.8 Å².